The van der Waals surface area contributed by atoms with Crippen molar-refractivity contribution in [3.63, 3.8) is 0 Å². The van der Waals surface area contributed by atoms with Gasteiger partial charge in [0, 0.05) is 24.6 Å². The number of halogens is 1. The summed E-state index contributed by atoms with van der Waals surface area (Å²) >= 11 is 6.27. The Morgan fingerprint density at radius 3 is 2.72 bits per heavy atom. The maximum absolute atomic E-state index is 13.3. The fourth-order valence-corrected chi connectivity index (χ4v) is 5.16. The summed E-state index contributed by atoms with van der Waals surface area (Å²) in [7, 11) is 0. The van der Waals surface area contributed by atoms with Crippen LogP contribution in [0.15, 0.2) is 18.2 Å². The lowest BCUT2D eigenvalue weighted by Crippen LogP contribution is -2.53. The average Bonchev–Trinajstić information content (AvgIpc) is 3.25. The Morgan fingerprint density at radius 2 is 2.03 bits per heavy atom. The topological polar surface area (TPSA) is 122 Å². The van der Waals surface area contributed by atoms with E-state index in [2.05, 4.69) is 10.6 Å². The molecule has 0 saturated carbocycles. The van der Waals surface area contributed by atoms with Crippen molar-refractivity contribution in [2.24, 2.45) is 17.6 Å². The van der Waals surface area contributed by atoms with E-state index < -0.39 is 35.2 Å². The number of hydrogen-bond donors (Lipinski definition) is 3. The van der Waals surface area contributed by atoms with E-state index in [9.17, 15) is 19.2 Å². The fourth-order valence-electron chi connectivity index (χ4n) is 4.94. The third-order valence-corrected chi connectivity index (χ3v) is 6.54. The van der Waals surface area contributed by atoms with Crippen LogP contribution in [0.4, 0.5) is 5.69 Å². The quantitative estimate of drug-likeness (QED) is 0.598. The highest BCUT2D eigenvalue weighted by Gasteiger charge is 2.70. The number of nitrogens with zero attached hydrogens (tertiary/aromatic N) is 1. The smallest absolute Gasteiger partial charge is 0.250 e. The highest BCUT2D eigenvalue weighted by atomic mass is 35.5. The van der Waals surface area contributed by atoms with Gasteiger partial charge in [0.05, 0.1) is 22.5 Å². The number of carbonyl (C=O) groups excluding carboxylic acids is 4. The first-order valence-corrected chi connectivity index (χ1v) is 10.2. The number of anilines is 1. The van der Waals surface area contributed by atoms with Crippen LogP contribution in [0.5, 0.6) is 0 Å². The minimum absolute atomic E-state index is 0.0530. The molecule has 3 aliphatic rings. The highest BCUT2D eigenvalue weighted by molar-refractivity contribution is 6.35. The molecule has 3 aliphatic heterocycles. The molecule has 4 N–H and O–H groups in total. The van der Waals surface area contributed by atoms with Crippen LogP contribution >= 0.6 is 11.6 Å². The molecule has 0 bridgehead atoms. The molecule has 2 saturated heterocycles. The first kappa shape index (κ1) is 19.8. The first-order valence-electron chi connectivity index (χ1n) is 9.84. The summed E-state index contributed by atoms with van der Waals surface area (Å²) < 4.78 is 0. The molecule has 1 spiro atoms. The molecule has 29 heavy (non-hydrogen) atoms. The number of amides is 4. The van der Waals surface area contributed by atoms with E-state index in [-0.39, 0.29) is 24.7 Å². The number of nitrogens with one attached hydrogen (secondary N) is 2. The lowest BCUT2D eigenvalue weighted by molar-refractivity contribution is -0.143. The fraction of sp³-hybridized carbons (Fsp3) is 0.500. The number of fused-ring (bicyclic) bond motifs is 4. The Bertz CT molecular complexity index is 920. The lowest BCUT2D eigenvalue weighted by atomic mass is 9.76. The van der Waals surface area contributed by atoms with Crippen molar-refractivity contribution < 1.29 is 19.2 Å². The molecule has 0 radical (unpaired) electrons. The molecule has 0 aliphatic carbocycles. The SMILES string of the molecule is CCCCN1C(=O)[C@@H]2[C@H](CCC(N)=O)N[C@@]3(C(=O)Nc4c(Cl)cccc43)[C@H]2C1=O. The number of unbranched alkanes of at least 4 members (excludes halogenated alkanes) is 1. The summed E-state index contributed by atoms with van der Waals surface area (Å²) in [5, 5.41) is 6.40. The van der Waals surface area contributed by atoms with Crippen molar-refractivity contribution in [3.05, 3.63) is 28.8 Å². The van der Waals surface area contributed by atoms with Gasteiger partial charge in [0.2, 0.25) is 23.6 Å². The molecule has 2 fully saturated rings. The molecule has 8 nitrogen and oxygen atoms in total. The molecular weight excluding hydrogens is 396 g/mol. The van der Waals surface area contributed by atoms with Crippen LogP contribution in [0.2, 0.25) is 5.02 Å². The van der Waals surface area contributed by atoms with Gasteiger partial charge in [0.1, 0.15) is 5.54 Å². The highest BCUT2D eigenvalue weighted by Crippen LogP contribution is 2.54. The van der Waals surface area contributed by atoms with Crippen LogP contribution < -0.4 is 16.4 Å². The van der Waals surface area contributed by atoms with E-state index in [1.54, 1.807) is 18.2 Å². The zero-order valence-electron chi connectivity index (χ0n) is 16.0. The third kappa shape index (κ3) is 2.77. The van der Waals surface area contributed by atoms with Gasteiger partial charge >= 0.3 is 0 Å². The predicted molar refractivity (Wildman–Crippen MR) is 106 cm³/mol. The minimum atomic E-state index is -1.39. The summed E-state index contributed by atoms with van der Waals surface area (Å²) in [6.45, 7) is 2.30. The van der Waals surface area contributed by atoms with Gasteiger partial charge in [0.25, 0.3) is 0 Å². The number of imide groups is 1. The number of hydrogen-bond acceptors (Lipinski definition) is 5. The van der Waals surface area contributed by atoms with Gasteiger partial charge in [0.15, 0.2) is 0 Å². The first-order chi connectivity index (χ1) is 13.8. The second kappa shape index (κ2) is 7.11. The predicted octanol–water partition coefficient (Wildman–Crippen LogP) is 1.13. The molecule has 0 aromatic heterocycles. The zero-order valence-corrected chi connectivity index (χ0v) is 16.8. The number of para-hydroxylation sites is 1. The molecule has 1 aromatic rings. The molecule has 1 aromatic carbocycles. The van der Waals surface area contributed by atoms with Crippen LogP contribution in [-0.4, -0.2) is 41.1 Å². The van der Waals surface area contributed by atoms with Gasteiger partial charge in [-0.05, 0) is 18.9 Å². The van der Waals surface area contributed by atoms with Crippen LogP contribution in [0.1, 0.15) is 38.2 Å². The van der Waals surface area contributed by atoms with E-state index in [0.29, 0.717) is 29.2 Å². The molecular formula is C20H23ClN4O4. The second-order valence-corrected chi connectivity index (χ2v) is 8.27. The van der Waals surface area contributed by atoms with E-state index >= 15 is 0 Å². The molecule has 9 heteroatoms. The van der Waals surface area contributed by atoms with E-state index in [0.717, 1.165) is 6.42 Å². The maximum atomic E-state index is 13.3. The van der Waals surface area contributed by atoms with Crippen molar-refractivity contribution >= 4 is 40.9 Å². The van der Waals surface area contributed by atoms with Gasteiger partial charge in [-0.2, -0.15) is 0 Å². The average molecular weight is 419 g/mol. The van der Waals surface area contributed by atoms with Crippen molar-refractivity contribution in [1.82, 2.24) is 10.2 Å². The van der Waals surface area contributed by atoms with Crippen molar-refractivity contribution in [3.8, 4) is 0 Å². The Labute approximate surface area is 173 Å². The van der Waals surface area contributed by atoms with Crippen LogP contribution in [0.25, 0.3) is 0 Å². The summed E-state index contributed by atoms with van der Waals surface area (Å²) in [6, 6.07) is 4.59. The largest absolute Gasteiger partial charge is 0.370 e. The van der Waals surface area contributed by atoms with E-state index in [4.69, 9.17) is 17.3 Å². The number of carbonyl (C=O) groups is 4. The van der Waals surface area contributed by atoms with Crippen LogP contribution in [0, 0.1) is 11.8 Å². The number of primary amides is 1. The lowest BCUT2D eigenvalue weighted by Gasteiger charge is -2.29. The van der Waals surface area contributed by atoms with E-state index in [1.165, 1.54) is 4.90 Å². The van der Waals surface area contributed by atoms with Gasteiger partial charge in [-0.1, -0.05) is 37.1 Å². The Hall–Kier alpha value is -2.45. The van der Waals surface area contributed by atoms with Crippen LogP contribution in [0.3, 0.4) is 0 Å². The summed E-state index contributed by atoms with van der Waals surface area (Å²) in [4.78, 5) is 52.4. The molecule has 154 valence electrons. The Balaban J connectivity index is 1.81. The van der Waals surface area contributed by atoms with Crippen molar-refractivity contribution in [1.29, 1.82) is 0 Å². The number of likely N-dealkylation sites (tertiary alicyclic amines) is 1. The number of nitrogens with two attached hydrogens (primary N) is 1. The van der Waals surface area contributed by atoms with Crippen LogP contribution in [-0.2, 0) is 24.7 Å². The Morgan fingerprint density at radius 1 is 1.28 bits per heavy atom. The minimum Gasteiger partial charge on any atom is -0.370 e. The van der Waals surface area contributed by atoms with Gasteiger partial charge < -0.3 is 11.1 Å². The summed E-state index contributed by atoms with van der Waals surface area (Å²) in [6.07, 6.45) is 1.84. The molecule has 3 heterocycles. The van der Waals surface area contributed by atoms with Gasteiger partial charge in [-0.3, -0.25) is 29.4 Å². The maximum Gasteiger partial charge on any atom is 0.250 e. The normalized spacial score (nSPS) is 30.1. The summed E-state index contributed by atoms with van der Waals surface area (Å²) in [5.74, 6) is -3.17. The Kier molecular flexibility index (Phi) is 4.86. The molecule has 4 amide bonds. The summed E-state index contributed by atoms with van der Waals surface area (Å²) in [5.41, 5.74) is 4.93. The molecule has 0 unspecified atom stereocenters. The molecule has 4 rings (SSSR count). The second-order valence-electron chi connectivity index (χ2n) is 7.87. The van der Waals surface area contributed by atoms with E-state index in [1.807, 2.05) is 6.92 Å². The number of benzene rings is 1. The third-order valence-electron chi connectivity index (χ3n) is 6.23. The monoisotopic (exact) mass is 418 g/mol. The van der Waals surface area contributed by atoms with Crippen molar-refractivity contribution in [2.45, 2.75) is 44.2 Å². The zero-order chi connectivity index (χ0) is 20.9. The number of rotatable bonds is 6. The van der Waals surface area contributed by atoms with Crippen molar-refractivity contribution in [2.75, 3.05) is 11.9 Å². The molecule has 4 atom stereocenters. The van der Waals surface area contributed by atoms with Gasteiger partial charge in [-0.15, -0.1) is 0 Å². The standard InChI is InChI=1S/C20H23ClN4O4/c1-2-3-9-25-17(27)14-12(7-8-13(22)26)24-20(15(14)18(25)28)10-5-4-6-11(21)16(10)23-19(20)29/h4-6,12,14-15,24H,2-3,7-9H2,1H3,(H2,22,26)(H,23,29)/t12-,14+,15+,20+/m0/s1. The van der Waals surface area contributed by atoms with Gasteiger partial charge in [-0.25, -0.2) is 0 Å².